The van der Waals surface area contributed by atoms with E-state index in [1.165, 1.54) is 4.88 Å². The van der Waals surface area contributed by atoms with Crippen molar-refractivity contribution >= 4 is 17.4 Å². The van der Waals surface area contributed by atoms with Gasteiger partial charge in [0.2, 0.25) is 0 Å². The minimum atomic E-state index is -0.0919. The fourth-order valence-corrected chi connectivity index (χ4v) is 3.08. The average molecular weight is 283 g/mol. The van der Waals surface area contributed by atoms with E-state index in [4.69, 9.17) is 4.74 Å². The molecule has 1 aromatic rings. The van der Waals surface area contributed by atoms with E-state index in [9.17, 15) is 4.79 Å². The first-order valence-electron chi connectivity index (χ1n) is 6.67. The molecule has 1 fully saturated rings. The standard InChI is InChI=1S/C13H21N3O2S/c1-9-12(19-10(2)16-9)3-5-14-13(17)15-7-11-4-6-18-8-11/h11H,3-8H2,1-2H3,(H2,14,15,17)/t11-/m0/s1. The Morgan fingerprint density at radius 2 is 2.32 bits per heavy atom. The third kappa shape index (κ3) is 4.47. The molecule has 0 aromatic carbocycles. The van der Waals surface area contributed by atoms with Crippen molar-refractivity contribution in [1.29, 1.82) is 0 Å². The maximum Gasteiger partial charge on any atom is 0.314 e. The number of carbonyl (C=O) groups excluding carboxylic acids is 1. The number of ether oxygens (including phenoxy) is 1. The van der Waals surface area contributed by atoms with Crippen molar-refractivity contribution in [1.82, 2.24) is 15.6 Å². The number of aromatic nitrogens is 1. The molecule has 1 saturated heterocycles. The van der Waals surface area contributed by atoms with Crippen LogP contribution < -0.4 is 10.6 Å². The second-order valence-corrected chi connectivity index (χ2v) is 6.15. The third-order valence-corrected chi connectivity index (χ3v) is 4.35. The van der Waals surface area contributed by atoms with E-state index in [-0.39, 0.29) is 6.03 Å². The maximum absolute atomic E-state index is 11.6. The summed E-state index contributed by atoms with van der Waals surface area (Å²) < 4.78 is 5.27. The van der Waals surface area contributed by atoms with Crippen LogP contribution in [-0.2, 0) is 11.2 Å². The summed E-state index contributed by atoms with van der Waals surface area (Å²) in [5.41, 5.74) is 1.08. The SMILES string of the molecule is Cc1nc(C)c(CCNC(=O)NC[C@@H]2CCOC2)s1. The zero-order valence-corrected chi connectivity index (χ0v) is 12.3. The molecule has 0 saturated carbocycles. The third-order valence-electron chi connectivity index (χ3n) is 3.21. The Kier molecular flexibility index (Phi) is 5.15. The number of nitrogens with one attached hydrogen (secondary N) is 2. The molecule has 0 bridgehead atoms. The number of hydrogen-bond donors (Lipinski definition) is 2. The lowest BCUT2D eigenvalue weighted by Gasteiger charge is -2.10. The topological polar surface area (TPSA) is 63.2 Å². The number of carbonyl (C=O) groups is 1. The van der Waals surface area contributed by atoms with E-state index >= 15 is 0 Å². The summed E-state index contributed by atoms with van der Waals surface area (Å²) in [4.78, 5) is 17.2. The summed E-state index contributed by atoms with van der Waals surface area (Å²) >= 11 is 1.70. The van der Waals surface area contributed by atoms with Gasteiger partial charge in [-0.15, -0.1) is 11.3 Å². The van der Waals surface area contributed by atoms with Crippen molar-refractivity contribution in [2.75, 3.05) is 26.3 Å². The Hall–Kier alpha value is -1.14. The van der Waals surface area contributed by atoms with Crippen LogP contribution in [0.4, 0.5) is 4.79 Å². The van der Waals surface area contributed by atoms with Gasteiger partial charge in [-0.1, -0.05) is 0 Å². The van der Waals surface area contributed by atoms with Gasteiger partial charge < -0.3 is 15.4 Å². The lowest BCUT2D eigenvalue weighted by atomic mass is 10.1. The number of urea groups is 1. The highest BCUT2D eigenvalue weighted by Gasteiger charge is 2.16. The zero-order chi connectivity index (χ0) is 13.7. The molecule has 19 heavy (non-hydrogen) atoms. The van der Waals surface area contributed by atoms with E-state index in [2.05, 4.69) is 15.6 Å². The van der Waals surface area contributed by atoms with Crippen LogP contribution in [0.3, 0.4) is 0 Å². The Balaban J connectivity index is 1.62. The van der Waals surface area contributed by atoms with E-state index in [1.54, 1.807) is 11.3 Å². The summed E-state index contributed by atoms with van der Waals surface area (Å²) in [7, 11) is 0. The van der Waals surface area contributed by atoms with Crippen molar-refractivity contribution in [2.24, 2.45) is 5.92 Å². The summed E-state index contributed by atoms with van der Waals surface area (Å²) in [6, 6.07) is -0.0919. The molecule has 1 aliphatic heterocycles. The number of thiazole rings is 1. The summed E-state index contributed by atoms with van der Waals surface area (Å²) in [5, 5.41) is 6.85. The Morgan fingerprint density at radius 1 is 1.47 bits per heavy atom. The molecular formula is C13H21N3O2S. The predicted molar refractivity (Wildman–Crippen MR) is 75.6 cm³/mol. The molecule has 5 nitrogen and oxygen atoms in total. The van der Waals surface area contributed by atoms with Gasteiger partial charge in [-0.2, -0.15) is 0 Å². The molecule has 2 rings (SSSR count). The van der Waals surface area contributed by atoms with Gasteiger partial charge >= 0.3 is 6.03 Å². The molecule has 106 valence electrons. The maximum atomic E-state index is 11.6. The van der Waals surface area contributed by atoms with Crippen LogP contribution in [-0.4, -0.2) is 37.3 Å². The molecule has 1 atom stereocenters. The van der Waals surface area contributed by atoms with E-state index in [1.807, 2.05) is 13.8 Å². The van der Waals surface area contributed by atoms with Crippen LogP contribution >= 0.6 is 11.3 Å². The number of rotatable bonds is 5. The first kappa shape index (κ1) is 14.3. The Labute approximate surface area is 117 Å². The van der Waals surface area contributed by atoms with Crippen LogP contribution in [0.1, 0.15) is 22.0 Å². The molecule has 1 aromatic heterocycles. The molecular weight excluding hydrogens is 262 g/mol. The van der Waals surface area contributed by atoms with Crippen LogP contribution in [0.5, 0.6) is 0 Å². The molecule has 6 heteroatoms. The van der Waals surface area contributed by atoms with Gasteiger partial charge in [0, 0.05) is 36.9 Å². The number of aryl methyl sites for hydroxylation is 2. The molecule has 0 unspecified atom stereocenters. The minimum absolute atomic E-state index is 0.0919. The quantitative estimate of drug-likeness (QED) is 0.863. The average Bonchev–Trinajstić information content (AvgIpc) is 2.97. The van der Waals surface area contributed by atoms with Crippen molar-refractivity contribution in [3.8, 4) is 0 Å². The summed E-state index contributed by atoms with van der Waals surface area (Å²) in [6.07, 6.45) is 1.89. The Bertz CT molecular complexity index is 428. The molecule has 2 heterocycles. The lowest BCUT2D eigenvalue weighted by Crippen LogP contribution is -2.39. The number of amides is 2. The lowest BCUT2D eigenvalue weighted by molar-refractivity contribution is 0.185. The van der Waals surface area contributed by atoms with Crippen LogP contribution in [0.2, 0.25) is 0 Å². The summed E-state index contributed by atoms with van der Waals surface area (Å²) in [5.74, 6) is 0.470. The monoisotopic (exact) mass is 283 g/mol. The minimum Gasteiger partial charge on any atom is -0.381 e. The van der Waals surface area contributed by atoms with Gasteiger partial charge in [0.15, 0.2) is 0 Å². The molecule has 0 radical (unpaired) electrons. The van der Waals surface area contributed by atoms with Crippen molar-refractivity contribution in [3.63, 3.8) is 0 Å². The predicted octanol–water partition coefficient (Wildman–Crippen LogP) is 1.64. The molecule has 0 aliphatic carbocycles. The fourth-order valence-electron chi connectivity index (χ4n) is 2.14. The van der Waals surface area contributed by atoms with Gasteiger partial charge in [-0.3, -0.25) is 0 Å². The van der Waals surface area contributed by atoms with Crippen molar-refractivity contribution in [2.45, 2.75) is 26.7 Å². The van der Waals surface area contributed by atoms with E-state index in [0.29, 0.717) is 19.0 Å². The molecule has 2 amide bonds. The van der Waals surface area contributed by atoms with Crippen molar-refractivity contribution < 1.29 is 9.53 Å². The number of hydrogen-bond acceptors (Lipinski definition) is 4. The smallest absolute Gasteiger partial charge is 0.314 e. The normalized spacial score (nSPS) is 18.5. The van der Waals surface area contributed by atoms with Gasteiger partial charge in [0.05, 0.1) is 17.3 Å². The van der Waals surface area contributed by atoms with Crippen LogP contribution in [0.25, 0.3) is 0 Å². The summed E-state index contributed by atoms with van der Waals surface area (Å²) in [6.45, 7) is 6.95. The van der Waals surface area contributed by atoms with Gasteiger partial charge in [0.25, 0.3) is 0 Å². The molecule has 0 spiro atoms. The molecule has 1 aliphatic rings. The highest BCUT2D eigenvalue weighted by atomic mass is 32.1. The van der Waals surface area contributed by atoms with Gasteiger partial charge in [0.1, 0.15) is 0 Å². The second kappa shape index (κ2) is 6.86. The fraction of sp³-hybridized carbons (Fsp3) is 0.692. The first-order valence-corrected chi connectivity index (χ1v) is 7.49. The van der Waals surface area contributed by atoms with Gasteiger partial charge in [-0.05, 0) is 20.3 Å². The number of nitrogens with zero attached hydrogens (tertiary/aromatic N) is 1. The first-order chi connectivity index (χ1) is 9.15. The van der Waals surface area contributed by atoms with E-state index in [0.717, 1.165) is 36.8 Å². The highest BCUT2D eigenvalue weighted by Crippen LogP contribution is 2.17. The van der Waals surface area contributed by atoms with Gasteiger partial charge in [-0.25, -0.2) is 9.78 Å². The molecule has 2 N–H and O–H groups in total. The highest BCUT2D eigenvalue weighted by molar-refractivity contribution is 7.11. The van der Waals surface area contributed by atoms with Crippen molar-refractivity contribution in [3.05, 3.63) is 15.6 Å². The zero-order valence-electron chi connectivity index (χ0n) is 11.5. The van der Waals surface area contributed by atoms with E-state index < -0.39 is 0 Å². The largest absolute Gasteiger partial charge is 0.381 e. The Morgan fingerprint density at radius 3 is 2.95 bits per heavy atom. The van der Waals surface area contributed by atoms with Crippen LogP contribution in [0, 0.1) is 19.8 Å². The van der Waals surface area contributed by atoms with Crippen LogP contribution in [0.15, 0.2) is 0 Å². The second-order valence-electron chi connectivity index (χ2n) is 4.86.